The maximum absolute atomic E-state index is 11.9. The molecule has 0 saturated carbocycles. The van der Waals surface area contributed by atoms with Gasteiger partial charge in [-0.2, -0.15) is 0 Å². The van der Waals surface area contributed by atoms with Crippen molar-refractivity contribution in [2.75, 3.05) is 6.61 Å². The molecule has 0 radical (unpaired) electrons. The molecule has 136 valence electrons. The number of hydrogen-bond donors (Lipinski definition) is 3. The van der Waals surface area contributed by atoms with Crippen LogP contribution in [0.2, 0.25) is 18.1 Å². The van der Waals surface area contributed by atoms with Gasteiger partial charge in [0.1, 0.15) is 12.1 Å². The summed E-state index contributed by atoms with van der Waals surface area (Å²) >= 11 is 0. The van der Waals surface area contributed by atoms with E-state index >= 15 is 0 Å². The molecular formula is C16H34N2O4Si. The Morgan fingerprint density at radius 1 is 1.26 bits per heavy atom. The van der Waals surface area contributed by atoms with E-state index in [9.17, 15) is 14.7 Å². The molecule has 4 N–H and O–H groups in total. The summed E-state index contributed by atoms with van der Waals surface area (Å²) in [6, 6.07) is -0.825. The number of amides is 2. The second kappa shape index (κ2) is 8.80. The van der Waals surface area contributed by atoms with E-state index in [-0.39, 0.29) is 11.0 Å². The van der Waals surface area contributed by atoms with Crippen LogP contribution in [0.4, 0.5) is 0 Å². The van der Waals surface area contributed by atoms with Gasteiger partial charge < -0.3 is 20.6 Å². The van der Waals surface area contributed by atoms with Crippen molar-refractivity contribution in [2.45, 2.75) is 77.7 Å². The second-order valence-corrected chi connectivity index (χ2v) is 12.8. The van der Waals surface area contributed by atoms with Crippen molar-refractivity contribution in [2.24, 2.45) is 11.7 Å². The number of carbonyl (C=O) groups is 2. The Kier molecular flexibility index (Phi) is 8.44. The third kappa shape index (κ3) is 7.94. The summed E-state index contributed by atoms with van der Waals surface area (Å²) < 4.78 is 6.00. The lowest BCUT2D eigenvalue weighted by molar-refractivity contribution is -0.134. The van der Waals surface area contributed by atoms with Gasteiger partial charge in [-0.05, 0) is 36.9 Å². The molecule has 0 aliphatic heterocycles. The molecule has 0 aromatic carbocycles. The summed E-state index contributed by atoms with van der Waals surface area (Å²) in [5, 5.41) is 12.4. The van der Waals surface area contributed by atoms with Gasteiger partial charge in [-0.3, -0.25) is 9.59 Å². The summed E-state index contributed by atoms with van der Waals surface area (Å²) in [5.41, 5.74) is 5.34. The third-order valence-corrected chi connectivity index (χ3v) is 8.87. The summed E-state index contributed by atoms with van der Waals surface area (Å²) in [7, 11) is -1.90. The molecule has 0 fully saturated rings. The quantitative estimate of drug-likeness (QED) is 0.554. The molecule has 2 atom stereocenters. The van der Waals surface area contributed by atoms with E-state index in [1.165, 1.54) is 0 Å². The molecule has 0 unspecified atom stereocenters. The highest BCUT2D eigenvalue weighted by atomic mass is 28.4. The fourth-order valence-electron chi connectivity index (χ4n) is 1.76. The van der Waals surface area contributed by atoms with Crippen molar-refractivity contribution in [3.05, 3.63) is 0 Å². The Labute approximate surface area is 141 Å². The van der Waals surface area contributed by atoms with Crippen LogP contribution < -0.4 is 11.1 Å². The summed E-state index contributed by atoms with van der Waals surface area (Å²) in [4.78, 5) is 23.4. The lowest BCUT2D eigenvalue weighted by Crippen LogP contribution is -2.49. The maximum Gasteiger partial charge on any atom is 0.249 e. The van der Waals surface area contributed by atoms with Crippen molar-refractivity contribution in [1.29, 1.82) is 0 Å². The van der Waals surface area contributed by atoms with Crippen LogP contribution >= 0.6 is 0 Å². The number of aliphatic hydroxyl groups excluding tert-OH is 1. The van der Waals surface area contributed by atoms with Gasteiger partial charge in [0.15, 0.2) is 8.32 Å². The van der Waals surface area contributed by atoms with Gasteiger partial charge in [0.05, 0.1) is 0 Å². The number of nitrogens with two attached hydrogens (primary N) is 1. The van der Waals surface area contributed by atoms with E-state index in [0.29, 0.717) is 19.4 Å². The zero-order valence-corrected chi connectivity index (χ0v) is 16.6. The molecule has 2 amide bonds. The van der Waals surface area contributed by atoms with Gasteiger partial charge >= 0.3 is 0 Å². The number of primary amides is 1. The minimum absolute atomic E-state index is 0.0753. The predicted molar refractivity (Wildman–Crippen MR) is 94.4 cm³/mol. The van der Waals surface area contributed by atoms with Gasteiger partial charge in [0, 0.05) is 6.61 Å². The standard InChI is InChI=1S/C16H34N2O4Si/c1-11(2)10-13(19)15(21)18-12(14(17)20)8-9-22-23(6,7)16(3,4)5/h11-13,19H,8-10H2,1-7H3,(H2,17,20)(H,18,21)/t12-,13+/m0/s1. The summed E-state index contributed by atoms with van der Waals surface area (Å²) in [6.45, 7) is 14.8. The van der Waals surface area contributed by atoms with Gasteiger partial charge in [0.2, 0.25) is 11.8 Å². The average Bonchev–Trinajstić information content (AvgIpc) is 2.34. The first kappa shape index (κ1) is 22.1. The van der Waals surface area contributed by atoms with E-state index in [1.807, 2.05) is 13.8 Å². The van der Waals surface area contributed by atoms with Crippen molar-refractivity contribution in [3.63, 3.8) is 0 Å². The fourth-order valence-corrected chi connectivity index (χ4v) is 2.82. The van der Waals surface area contributed by atoms with E-state index in [2.05, 4.69) is 39.2 Å². The highest BCUT2D eigenvalue weighted by molar-refractivity contribution is 6.74. The van der Waals surface area contributed by atoms with Crippen LogP contribution in [0, 0.1) is 5.92 Å². The van der Waals surface area contributed by atoms with Crippen LogP contribution in [0.1, 0.15) is 47.5 Å². The number of aliphatic hydroxyl groups is 1. The number of carbonyl (C=O) groups excluding carboxylic acids is 2. The van der Waals surface area contributed by atoms with E-state index in [1.54, 1.807) is 0 Å². The van der Waals surface area contributed by atoms with Crippen molar-refractivity contribution in [1.82, 2.24) is 5.32 Å². The lowest BCUT2D eigenvalue weighted by atomic mass is 10.0. The minimum atomic E-state index is -1.90. The van der Waals surface area contributed by atoms with Crippen molar-refractivity contribution >= 4 is 20.1 Å². The molecule has 0 aliphatic carbocycles. The first-order chi connectivity index (χ1) is 10.3. The Bertz CT molecular complexity index is 405. The van der Waals surface area contributed by atoms with Crippen LogP contribution in [0.3, 0.4) is 0 Å². The zero-order chi connectivity index (χ0) is 18.4. The lowest BCUT2D eigenvalue weighted by Gasteiger charge is -2.36. The largest absolute Gasteiger partial charge is 0.417 e. The number of hydrogen-bond acceptors (Lipinski definition) is 4. The number of rotatable bonds is 9. The van der Waals surface area contributed by atoms with Crippen LogP contribution in [0.15, 0.2) is 0 Å². The molecule has 7 heteroatoms. The second-order valence-electron chi connectivity index (χ2n) is 8.01. The molecule has 0 rings (SSSR count). The minimum Gasteiger partial charge on any atom is -0.417 e. The van der Waals surface area contributed by atoms with E-state index in [4.69, 9.17) is 10.2 Å². The molecule has 0 aromatic rings. The van der Waals surface area contributed by atoms with Gasteiger partial charge in [0.25, 0.3) is 0 Å². The monoisotopic (exact) mass is 346 g/mol. The zero-order valence-electron chi connectivity index (χ0n) is 15.6. The molecule has 0 heterocycles. The molecule has 0 aliphatic rings. The molecule has 0 spiro atoms. The van der Waals surface area contributed by atoms with Crippen LogP contribution in [0.25, 0.3) is 0 Å². The van der Waals surface area contributed by atoms with Gasteiger partial charge in [-0.1, -0.05) is 34.6 Å². The van der Waals surface area contributed by atoms with Crippen LogP contribution in [-0.4, -0.2) is 44.0 Å². The Balaban J connectivity index is 4.55. The van der Waals surface area contributed by atoms with Crippen molar-refractivity contribution in [3.8, 4) is 0 Å². The maximum atomic E-state index is 11.9. The van der Waals surface area contributed by atoms with Crippen LogP contribution in [0.5, 0.6) is 0 Å². The summed E-state index contributed by atoms with van der Waals surface area (Å²) in [5.74, 6) is -0.992. The number of nitrogens with one attached hydrogen (secondary N) is 1. The average molecular weight is 347 g/mol. The molecule has 0 bridgehead atoms. The Hall–Kier alpha value is -0.923. The summed E-state index contributed by atoms with van der Waals surface area (Å²) in [6.07, 6.45) is -0.474. The third-order valence-electron chi connectivity index (χ3n) is 4.33. The van der Waals surface area contributed by atoms with Crippen molar-refractivity contribution < 1.29 is 19.1 Å². The Morgan fingerprint density at radius 2 is 1.78 bits per heavy atom. The van der Waals surface area contributed by atoms with Gasteiger partial charge in [-0.15, -0.1) is 0 Å². The molecule has 0 saturated heterocycles. The fraction of sp³-hybridized carbons (Fsp3) is 0.875. The first-order valence-electron chi connectivity index (χ1n) is 8.19. The van der Waals surface area contributed by atoms with Gasteiger partial charge in [-0.25, -0.2) is 0 Å². The normalized spacial score (nSPS) is 15.3. The molecular weight excluding hydrogens is 312 g/mol. The van der Waals surface area contributed by atoms with E-state index in [0.717, 1.165) is 0 Å². The highest BCUT2D eigenvalue weighted by Gasteiger charge is 2.37. The topological polar surface area (TPSA) is 102 Å². The first-order valence-corrected chi connectivity index (χ1v) is 11.1. The van der Waals surface area contributed by atoms with E-state index < -0.39 is 32.3 Å². The smallest absolute Gasteiger partial charge is 0.249 e. The predicted octanol–water partition coefficient (Wildman–Crippen LogP) is 1.78. The highest BCUT2D eigenvalue weighted by Crippen LogP contribution is 2.36. The SMILES string of the molecule is CC(C)C[C@@H](O)C(=O)N[C@@H](CCO[Si](C)(C)C(C)(C)C)C(N)=O. The molecule has 23 heavy (non-hydrogen) atoms. The molecule has 6 nitrogen and oxygen atoms in total. The molecule has 0 aromatic heterocycles. The van der Waals surface area contributed by atoms with Crippen LogP contribution in [-0.2, 0) is 14.0 Å². The Morgan fingerprint density at radius 3 is 2.17 bits per heavy atom.